The second-order valence-electron chi connectivity index (χ2n) is 6.38. The van der Waals surface area contributed by atoms with Gasteiger partial charge in [-0.05, 0) is 62.3 Å². The van der Waals surface area contributed by atoms with Gasteiger partial charge in [0.25, 0.3) is 5.91 Å². The maximum Gasteiger partial charge on any atom is 0.253 e. The molecule has 0 saturated carbocycles. The van der Waals surface area contributed by atoms with Gasteiger partial charge >= 0.3 is 0 Å². The minimum absolute atomic E-state index is 0. The summed E-state index contributed by atoms with van der Waals surface area (Å²) in [6, 6.07) is 8.80. The number of piperidine rings is 1. The number of halogens is 1. The molecule has 0 aliphatic carbocycles. The fraction of sp³-hybridized carbons (Fsp3) is 0.611. The van der Waals surface area contributed by atoms with E-state index < -0.39 is 0 Å². The molecule has 0 aromatic heterocycles. The summed E-state index contributed by atoms with van der Waals surface area (Å²) in [5.74, 6) is 0.967. The molecule has 3 rings (SSSR count). The first kappa shape index (κ1) is 17.3. The molecule has 22 heavy (non-hydrogen) atoms. The second-order valence-corrected chi connectivity index (χ2v) is 6.38. The van der Waals surface area contributed by atoms with E-state index in [0.717, 1.165) is 43.8 Å². The third-order valence-electron chi connectivity index (χ3n) is 5.10. The molecule has 0 spiro atoms. The molecule has 0 radical (unpaired) electrons. The van der Waals surface area contributed by atoms with E-state index >= 15 is 0 Å². The van der Waals surface area contributed by atoms with Gasteiger partial charge in [-0.3, -0.25) is 4.79 Å². The van der Waals surface area contributed by atoms with Crippen LogP contribution in [0.15, 0.2) is 24.3 Å². The van der Waals surface area contributed by atoms with Crippen molar-refractivity contribution < 1.29 is 4.79 Å². The summed E-state index contributed by atoms with van der Waals surface area (Å²) in [6.07, 6.45) is 5.95. The van der Waals surface area contributed by atoms with E-state index in [0.29, 0.717) is 6.04 Å². The number of carbonyl (C=O) groups excluding carboxylic acids is 1. The van der Waals surface area contributed by atoms with Gasteiger partial charge in [-0.1, -0.05) is 19.1 Å². The van der Waals surface area contributed by atoms with Crippen LogP contribution in [0, 0.1) is 5.92 Å². The van der Waals surface area contributed by atoms with Crippen LogP contribution >= 0.6 is 12.4 Å². The Balaban J connectivity index is 0.00000176. The highest BCUT2D eigenvalue weighted by Crippen LogP contribution is 2.26. The van der Waals surface area contributed by atoms with Gasteiger partial charge in [-0.15, -0.1) is 12.4 Å². The standard InChI is InChI=1S/C18H26N2O.ClH/c1-2-14-5-7-16(8-6-14)18(21)20-12-9-15(10-13-20)17-4-3-11-19-17;/h5-8,15,17,19H,2-4,9-13H2,1H3;1H. The van der Waals surface area contributed by atoms with E-state index in [2.05, 4.69) is 24.4 Å². The highest BCUT2D eigenvalue weighted by atomic mass is 35.5. The van der Waals surface area contributed by atoms with Gasteiger partial charge in [0.2, 0.25) is 0 Å². The Labute approximate surface area is 139 Å². The molecule has 1 atom stereocenters. The van der Waals surface area contributed by atoms with Gasteiger partial charge in [0.15, 0.2) is 0 Å². The van der Waals surface area contributed by atoms with Crippen molar-refractivity contribution in [2.75, 3.05) is 19.6 Å². The van der Waals surface area contributed by atoms with Crippen LogP contribution in [0.4, 0.5) is 0 Å². The van der Waals surface area contributed by atoms with E-state index in [9.17, 15) is 4.79 Å². The Kier molecular flexibility index (Phi) is 6.27. The molecule has 2 aliphatic rings. The molecule has 1 unspecified atom stereocenters. The van der Waals surface area contributed by atoms with Gasteiger partial charge in [0.05, 0.1) is 0 Å². The molecular formula is C18H27ClN2O. The van der Waals surface area contributed by atoms with E-state index in [4.69, 9.17) is 0 Å². The van der Waals surface area contributed by atoms with Crippen molar-refractivity contribution in [1.29, 1.82) is 0 Å². The lowest BCUT2D eigenvalue weighted by molar-refractivity contribution is 0.0674. The van der Waals surface area contributed by atoms with E-state index in [1.165, 1.54) is 24.9 Å². The lowest BCUT2D eigenvalue weighted by Crippen LogP contribution is -2.43. The van der Waals surface area contributed by atoms with Crippen molar-refractivity contribution in [3.8, 4) is 0 Å². The lowest BCUT2D eigenvalue weighted by Gasteiger charge is -2.35. The molecule has 1 amide bonds. The molecule has 1 aromatic carbocycles. The largest absolute Gasteiger partial charge is 0.339 e. The number of rotatable bonds is 3. The van der Waals surface area contributed by atoms with Gasteiger partial charge in [-0.2, -0.15) is 0 Å². The molecule has 1 aromatic rings. The minimum atomic E-state index is 0. The molecule has 2 saturated heterocycles. The maximum atomic E-state index is 12.5. The molecule has 2 heterocycles. The number of hydrogen-bond donors (Lipinski definition) is 1. The monoisotopic (exact) mass is 322 g/mol. The normalized spacial score (nSPS) is 22.4. The highest BCUT2D eigenvalue weighted by Gasteiger charge is 2.30. The van der Waals surface area contributed by atoms with Crippen LogP contribution in [0.5, 0.6) is 0 Å². The molecule has 4 heteroatoms. The van der Waals surface area contributed by atoms with Crippen molar-refractivity contribution in [3.63, 3.8) is 0 Å². The van der Waals surface area contributed by atoms with Gasteiger partial charge < -0.3 is 10.2 Å². The average molecular weight is 323 g/mol. The van der Waals surface area contributed by atoms with Crippen LogP contribution in [-0.2, 0) is 6.42 Å². The molecule has 2 fully saturated rings. The summed E-state index contributed by atoms with van der Waals surface area (Å²) < 4.78 is 0. The fourth-order valence-electron chi connectivity index (χ4n) is 3.68. The van der Waals surface area contributed by atoms with Crippen molar-refractivity contribution in [3.05, 3.63) is 35.4 Å². The summed E-state index contributed by atoms with van der Waals surface area (Å²) in [7, 11) is 0. The molecule has 3 nitrogen and oxygen atoms in total. The lowest BCUT2D eigenvalue weighted by atomic mass is 9.88. The molecule has 1 N–H and O–H groups in total. The summed E-state index contributed by atoms with van der Waals surface area (Å²) in [6.45, 7) is 5.14. The number of likely N-dealkylation sites (tertiary alicyclic amines) is 1. The Hall–Kier alpha value is -1.06. The number of amides is 1. The van der Waals surface area contributed by atoms with Gasteiger partial charge in [-0.25, -0.2) is 0 Å². The Morgan fingerprint density at radius 2 is 1.86 bits per heavy atom. The highest BCUT2D eigenvalue weighted by molar-refractivity contribution is 5.94. The predicted octanol–water partition coefficient (Wildman–Crippen LogP) is 3.28. The Bertz CT molecular complexity index is 474. The summed E-state index contributed by atoms with van der Waals surface area (Å²) in [4.78, 5) is 14.6. The zero-order chi connectivity index (χ0) is 14.7. The van der Waals surface area contributed by atoms with Crippen LogP contribution in [-0.4, -0.2) is 36.5 Å². The summed E-state index contributed by atoms with van der Waals surface area (Å²) in [5.41, 5.74) is 2.13. The van der Waals surface area contributed by atoms with Crippen LogP contribution in [0.1, 0.15) is 48.5 Å². The van der Waals surface area contributed by atoms with Crippen molar-refractivity contribution >= 4 is 18.3 Å². The van der Waals surface area contributed by atoms with E-state index in [-0.39, 0.29) is 18.3 Å². The second kappa shape index (κ2) is 7.98. The first-order valence-electron chi connectivity index (χ1n) is 8.39. The number of nitrogens with zero attached hydrogens (tertiary/aromatic N) is 1. The van der Waals surface area contributed by atoms with Crippen LogP contribution in [0.2, 0.25) is 0 Å². The zero-order valence-electron chi connectivity index (χ0n) is 13.4. The third-order valence-corrected chi connectivity index (χ3v) is 5.10. The molecular weight excluding hydrogens is 296 g/mol. The topological polar surface area (TPSA) is 32.3 Å². The molecule has 2 aliphatic heterocycles. The molecule has 122 valence electrons. The zero-order valence-corrected chi connectivity index (χ0v) is 14.2. The third kappa shape index (κ3) is 3.82. The summed E-state index contributed by atoms with van der Waals surface area (Å²) in [5, 5.41) is 3.61. The number of benzene rings is 1. The van der Waals surface area contributed by atoms with Crippen molar-refractivity contribution in [2.24, 2.45) is 5.92 Å². The first-order valence-corrected chi connectivity index (χ1v) is 8.39. The predicted molar refractivity (Wildman–Crippen MR) is 92.7 cm³/mol. The number of carbonyl (C=O) groups is 1. The quantitative estimate of drug-likeness (QED) is 0.926. The van der Waals surface area contributed by atoms with Gasteiger partial charge in [0, 0.05) is 24.7 Å². The smallest absolute Gasteiger partial charge is 0.253 e. The SMILES string of the molecule is CCc1ccc(C(=O)N2CCC(C3CCCN3)CC2)cc1.Cl. The Morgan fingerprint density at radius 3 is 2.41 bits per heavy atom. The van der Waals surface area contributed by atoms with Crippen molar-refractivity contribution in [1.82, 2.24) is 10.2 Å². The van der Waals surface area contributed by atoms with Crippen LogP contribution < -0.4 is 5.32 Å². The fourth-order valence-corrected chi connectivity index (χ4v) is 3.68. The average Bonchev–Trinajstić information content (AvgIpc) is 3.09. The van der Waals surface area contributed by atoms with Crippen LogP contribution in [0.3, 0.4) is 0 Å². The summed E-state index contributed by atoms with van der Waals surface area (Å²) >= 11 is 0. The number of hydrogen-bond acceptors (Lipinski definition) is 2. The number of nitrogens with one attached hydrogen (secondary N) is 1. The van der Waals surface area contributed by atoms with Gasteiger partial charge in [0.1, 0.15) is 0 Å². The first-order chi connectivity index (χ1) is 10.3. The van der Waals surface area contributed by atoms with E-state index in [1.807, 2.05) is 17.0 Å². The minimum Gasteiger partial charge on any atom is -0.339 e. The van der Waals surface area contributed by atoms with Crippen LogP contribution in [0.25, 0.3) is 0 Å². The number of aryl methyl sites for hydroxylation is 1. The molecule has 0 bridgehead atoms. The maximum absolute atomic E-state index is 12.5. The van der Waals surface area contributed by atoms with Crippen molar-refractivity contribution in [2.45, 2.75) is 45.1 Å². The van der Waals surface area contributed by atoms with E-state index in [1.54, 1.807) is 0 Å². The Morgan fingerprint density at radius 1 is 1.18 bits per heavy atom.